The molecule has 13 heteroatoms. The predicted octanol–water partition coefficient (Wildman–Crippen LogP) is 4.22. The highest BCUT2D eigenvalue weighted by atomic mass is 19.4. The topological polar surface area (TPSA) is 139 Å². The normalized spacial score (nSPS) is 11.0. The van der Waals surface area contributed by atoms with Crippen LogP contribution in [0.25, 0.3) is 0 Å². The largest absolute Gasteiger partial charge is 0.444 e. The lowest BCUT2D eigenvalue weighted by atomic mass is 10.1. The van der Waals surface area contributed by atoms with Crippen molar-refractivity contribution in [3.05, 3.63) is 72.3 Å². The van der Waals surface area contributed by atoms with Gasteiger partial charge in [-0.3, -0.25) is 30.3 Å². The first-order valence-corrected chi connectivity index (χ1v) is 6.47. The number of non-ortho nitro benzene ring substituents is 1. The standard InChI is InChI=1S/C13H6F3N3O7/c14-13(15,16)7-5-10(18(22)23)12(11(6-7)19(24)25)26-9-3-1-8(2-4-9)17(20)21/h1-6H. The SMILES string of the molecule is O=[N+]([O-])c1ccc(Oc2c([N+](=O)[O-])cc(C(F)(F)F)cc2[N+](=O)[O-])cc1. The first kappa shape index (κ1) is 18.6. The van der Waals surface area contributed by atoms with Crippen molar-refractivity contribution in [2.24, 2.45) is 0 Å². The Bertz CT molecular complexity index is 862. The molecule has 2 aromatic rings. The van der Waals surface area contributed by atoms with Gasteiger partial charge in [-0.1, -0.05) is 0 Å². The van der Waals surface area contributed by atoms with Crippen LogP contribution in [0, 0.1) is 30.3 Å². The molecule has 0 aliphatic carbocycles. The summed E-state index contributed by atoms with van der Waals surface area (Å²) in [4.78, 5) is 29.4. The summed E-state index contributed by atoms with van der Waals surface area (Å²) in [5.74, 6) is -1.30. The fourth-order valence-electron chi connectivity index (χ4n) is 1.89. The van der Waals surface area contributed by atoms with Crippen molar-refractivity contribution in [1.82, 2.24) is 0 Å². The van der Waals surface area contributed by atoms with Gasteiger partial charge in [0.2, 0.25) is 0 Å². The van der Waals surface area contributed by atoms with E-state index in [2.05, 4.69) is 0 Å². The lowest BCUT2D eigenvalue weighted by Crippen LogP contribution is -2.08. The Hall–Kier alpha value is -3.77. The molecule has 0 aliphatic rings. The number of benzene rings is 2. The highest BCUT2D eigenvalue weighted by Crippen LogP contribution is 2.44. The molecule has 26 heavy (non-hydrogen) atoms. The number of nitro groups is 3. The third-order valence-corrected chi connectivity index (χ3v) is 3.04. The molecule has 0 fully saturated rings. The average molecular weight is 373 g/mol. The van der Waals surface area contributed by atoms with Crippen molar-refractivity contribution >= 4 is 17.1 Å². The van der Waals surface area contributed by atoms with E-state index in [1.165, 1.54) is 0 Å². The van der Waals surface area contributed by atoms with Crippen LogP contribution in [-0.2, 0) is 6.18 Å². The number of rotatable bonds is 5. The van der Waals surface area contributed by atoms with Gasteiger partial charge in [0, 0.05) is 24.3 Å². The van der Waals surface area contributed by atoms with Gasteiger partial charge in [0.05, 0.1) is 20.3 Å². The van der Waals surface area contributed by atoms with E-state index in [0.717, 1.165) is 24.3 Å². The molecule has 0 bridgehead atoms. The molecule has 0 atom stereocenters. The second-order valence-electron chi connectivity index (χ2n) is 4.71. The van der Waals surface area contributed by atoms with Gasteiger partial charge in [-0.05, 0) is 12.1 Å². The van der Waals surface area contributed by atoms with Crippen molar-refractivity contribution in [2.45, 2.75) is 6.18 Å². The monoisotopic (exact) mass is 373 g/mol. The fraction of sp³-hybridized carbons (Fsp3) is 0.0769. The Morgan fingerprint density at radius 1 is 0.808 bits per heavy atom. The highest BCUT2D eigenvalue weighted by Gasteiger charge is 2.38. The van der Waals surface area contributed by atoms with Crippen molar-refractivity contribution in [3.8, 4) is 11.5 Å². The molecular weight excluding hydrogens is 367 g/mol. The number of nitrogens with zero attached hydrogens (tertiary/aromatic N) is 3. The minimum atomic E-state index is -5.05. The second kappa shape index (κ2) is 6.62. The smallest absolute Gasteiger partial charge is 0.416 e. The summed E-state index contributed by atoms with van der Waals surface area (Å²) in [6.45, 7) is 0. The second-order valence-corrected chi connectivity index (χ2v) is 4.71. The van der Waals surface area contributed by atoms with Gasteiger partial charge in [-0.25, -0.2) is 0 Å². The summed E-state index contributed by atoms with van der Waals surface area (Å²) in [5.41, 5.74) is -4.49. The van der Waals surface area contributed by atoms with Gasteiger partial charge in [0.15, 0.2) is 0 Å². The van der Waals surface area contributed by atoms with Crippen molar-refractivity contribution in [3.63, 3.8) is 0 Å². The third kappa shape index (κ3) is 3.82. The number of hydrogen-bond donors (Lipinski definition) is 0. The van der Waals surface area contributed by atoms with Gasteiger partial charge in [0.25, 0.3) is 11.4 Å². The van der Waals surface area contributed by atoms with E-state index < -0.39 is 43.6 Å². The van der Waals surface area contributed by atoms with E-state index in [1.807, 2.05) is 0 Å². The summed E-state index contributed by atoms with van der Waals surface area (Å²) >= 11 is 0. The summed E-state index contributed by atoms with van der Waals surface area (Å²) in [5, 5.41) is 32.7. The highest BCUT2D eigenvalue weighted by molar-refractivity contribution is 5.63. The van der Waals surface area contributed by atoms with Crippen LogP contribution in [0.1, 0.15) is 5.56 Å². The van der Waals surface area contributed by atoms with Crippen molar-refractivity contribution in [2.75, 3.05) is 0 Å². The van der Waals surface area contributed by atoms with Gasteiger partial charge in [0.1, 0.15) is 5.75 Å². The molecule has 0 heterocycles. The molecule has 2 rings (SSSR count). The zero-order valence-electron chi connectivity index (χ0n) is 12.3. The number of nitro benzene ring substituents is 3. The molecule has 0 saturated carbocycles. The lowest BCUT2D eigenvalue weighted by molar-refractivity contribution is -0.396. The first-order chi connectivity index (χ1) is 12.0. The Morgan fingerprint density at radius 2 is 1.27 bits per heavy atom. The van der Waals surface area contributed by atoms with Gasteiger partial charge >= 0.3 is 17.6 Å². The van der Waals surface area contributed by atoms with Crippen LogP contribution in [0.2, 0.25) is 0 Å². The van der Waals surface area contributed by atoms with Crippen LogP contribution in [0.5, 0.6) is 11.5 Å². The lowest BCUT2D eigenvalue weighted by Gasteiger charge is -2.10. The fourth-order valence-corrected chi connectivity index (χ4v) is 1.89. The Balaban J connectivity index is 2.60. The number of hydrogen-bond acceptors (Lipinski definition) is 7. The van der Waals surface area contributed by atoms with E-state index in [1.54, 1.807) is 0 Å². The van der Waals surface area contributed by atoms with Crippen LogP contribution < -0.4 is 4.74 Å². The molecule has 10 nitrogen and oxygen atoms in total. The maximum absolute atomic E-state index is 12.8. The molecule has 0 amide bonds. The molecular formula is C13H6F3N3O7. The molecule has 0 unspecified atom stereocenters. The number of halogens is 3. The first-order valence-electron chi connectivity index (χ1n) is 6.47. The van der Waals surface area contributed by atoms with E-state index >= 15 is 0 Å². The molecule has 136 valence electrons. The van der Waals surface area contributed by atoms with Gasteiger partial charge < -0.3 is 4.74 Å². The minimum Gasteiger partial charge on any atom is -0.444 e. The van der Waals surface area contributed by atoms with Crippen LogP contribution in [-0.4, -0.2) is 14.8 Å². The van der Waals surface area contributed by atoms with Crippen LogP contribution in [0.4, 0.5) is 30.2 Å². The predicted molar refractivity (Wildman–Crippen MR) is 77.9 cm³/mol. The number of alkyl halides is 3. The number of ether oxygens (including phenoxy) is 1. The zero-order chi connectivity index (χ0) is 19.6. The molecule has 2 aromatic carbocycles. The van der Waals surface area contributed by atoms with Gasteiger partial charge in [-0.2, -0.15) is 13.2 Å². The molecule has 0 N–H and O–H groups in total. The van der Waals surface area contributed by atoms with Crippen molar-refractivity contribution in [1.29, 1.82) is 0 Å². The third-order valence-electron chi connectivity index (χ3n) is 3.04. The Labute approximate surface area is 140 Å². The van der Waals surface area contributed by atoms with E-state index in [4.69, 9.17) is 4.74 Å². The summed E-state index contributed by atoms with van der Waals surface area (Å²) in [6.07, 6.45) is -5.05. The van der Waals surface area contributed by atoms with E-state index in [9.17, 15) is 43.5 Å². The summed E-state index contributed by atoms with van der Waals surface area (Å²) in [7, 11) is 0. The molecule has 0 spiro atoms. The van der Waals surface area contributed by atoms with Crippen LogP contribution in [0.3, 0.4) is 0 Å². The Morgan fingerprint density at radius 3 is 1.62 bits per heavy atom. The van der Waals surface area contributed by atoms with Crippen LogP contribution in [0.15, 0.2) is 36.4 Å². The molecule has 0 aromatic heterocycles. The van der Waals surface area contributed by atoms with Crippen LogP contribution >= 0.6 is 0 Å². The average Bonchev–Trinajstić information content (AvgIpc) is 2.53. The van der Waals surface area contributed by atoms with Crippen molar-refractivity contribution < 1.29 is 32.7 Å². The Kier molecular flexibility index (Phi) is 4.73. The quantitative estimate of drug-likeness (QED) is 0.564. The molecule has 0 saturated heterocycles. The maximum Gasteiger partial charge on any atom is 0.416 e. The summed E-state index contributed by atoms with van der Waals surface area (Å²) in [6, 6.07) is 4.10. The zero-order valence-corrected chi connectivity index (χ0v) is 12.3. The van der Waals surface area contributed by atoms with Gasteiger partial charge in [-0.15, -0.1) is 0 Å². The summed E-state index contributed by atoms with van der Waals surface area (Å²) < 4.78 is 43.4. The maximum atomic E-state index is 12.8. The van der Waals surface area contributed by atoms with E-state index in [0.29, 0.717) is 0 Å². The minimum absolute atomic E-state index is 0.105. The molecule has 0 aliphatic heterocycles. The molecule has 0 radical (unpaired) electrons. The van der Waals surface area contributed by atoms with E-state index in [-0.39, 0.29) is 23.6 Å².